The van der Waals surface area contributed by atoms with Gasteiger partial charge >= 0.3 is 0 Å². The standard InChI is InChI=1S/C17H13N3O3S/c1-22-14-5-3-2-4-12(14)18-17-19-13(9-24-17)11-8-10-6-7-23-16(10)20-15(11)21/h2-9H,1H3,(H,18,19)(H,20,21). The van der Waals surface area contributed by atoms with Crippen LogP contribution in [0.4, 0.5) is 10.8 Å². The fraction of sp³-hybridized carbons (Fsp3) is 0.0588. The minimum atomic E-state index is -0.230. The second-order valence-electron chi connectivity index (χ2n) is 5.08. The van der Waals surface area contributed by atoms with E-state index in [0.717, 1.165) is 16.8 Å². The molecule has 0 radical (unpaired) electrons. The summed E-state index contributed by atoms with van der Waals surface area (Å²) in [5, 5.41) is 6.57. The smallest absolute Gasteiger partial charge is 0.260 e. The molecule has 6 nitrogen and oxygen atoms in total. The number of thiazole rings is 1. The first kappa shape index (κ1) is 14.5. The van der Waals surface area contributed by atoms with E-state index in [-0.39, 0.29) is 5.56 Å². The average Bonchev–Trinajstić information content (AvgIpc) is 3.23. The second kappa shape index (κ2) is 5.86. The molecule has 0 saturated carbocycles. The van der Waals surface area contributed by atoms with Crippen LogP contribution in [-0.4, -0.2) is 17.1 Å². The molecule has 3 heterocycles. The highest BCUT2D eigenvalue weighted by molar-refractivity contribution is 7.14. The number of aromatic nitrogens is 2. The number of hydrogen-bond donors (Lipinski definition) is 2. The molecule has 7 heteroatoms. The Morgan fingerprint density at radius 3 is 3.04 bits per heavy atom. The number of ether oxygens (including phenoxy) is 1. The molecular formula is C17H13N3O3S. The van der Waals surface area contributed by atoms with Crippen molar-refractivity contribution < 1.29 is 9.15 Å². The fourth-order valence-electron chi connectivity index (χ4n) is 2.43. The molecule has 0 saturated heterocycles. The van der Waals surface area contributed by atoms with Crippen LogP contribution < -0.4 is 15.6 Å². The van der Waals surface area contributed by atoms with Gasteiger partial charge in [-0.25, -0.2) is 4.98 Å². The first-order chi connectivity index (χ1) is 11.7. The number of anilines is 2. The maximum absolute atomic E-state index is 12.2. The second-order valence-corrected chi connectivity index (χ2v) is 5.94. The van der Waals surface area contributed by atoms with Crippen LogP contribution in [0.1, 0.15) is 0 Å². The van der Waals surface area contributed by atoms with Crippen LogP contribution in [-0.2, 0) is 0 Å². The summed E-state index contributed by atoms with van der Waals surface area (Å²) < 4.78 is 10.5. The summed E-state index contributed by atoms with van der Waals surface area (Å²) in [5.41, 5.74) is 2.17. The van der Waals surface area contributed by atoms with Crippen LogP contribution in [0.3, 0.4) is 0 Å². The molecule has 24 heavy (non-hydrogen) atoms. The third-order valence-corrected chi connectivity index (χ3v) is 4.35. The summed E-state index contributed by atoms with van der Waals surface area (Å²) in [6, 6.07) is 11.2. The Bertz CT molecular complexity index is 1060. The van der Waals surface area contributed by atoms with Gasteiger partial charge in [-0.2, -0.15) is 0 Å². The quantitative estimate of drug-likeness (QED) is 0.587. The van der Waals surface area contributed by atoms with E-state index in [0.29, 0.717) is 22.1 Å². The van der Waals surface area contributed by atoms with Gasteiger partial charge in [0, 0.05) is 10.8 Å². The minimum absolute atomic E-state index is 0.230. The predicted molar refractivity (Wildman–Crippen MR) is 94.2 cm³/mol. The van der Waals surface area contributed by atoms with Crippen LogP contribution in [0.5, 0.6) is 5.75 Å². The van der Waals surface area contributed by atoms with E-state index in [4.69, 9.17) is 9.15 Å². The highest BCUT2D eigenvalue weighted by Crippen LogP contribution is 2.30. The first-order valence-electron chi connectivity index (χ1n) is 7.21. The van der Waals surface area contributed by atoms with Gasteiger partial charge in [0.2, 0.25) is 5.71 Å². The first-order valence-corrected chi connectivity index (χ1v) is 8.09. The molecule has 120 valence electrons. The molecule has 3 aromatic heterocycles. The number of nitrogens with one attached hydrogen (secondary N) is 2. The van der Waals surface area contributed by atoms with E-state index in [1.165, 1.54) is 11.3 Å². The van der Waals surface area contributed by atoms with E-state index in [9.17, 15) is 4.79 Å². The largest absolute Gasteiger partial charge is 0.495 e. The third kappa shape index (κ3) is 2.55. The van der Waals surface area contributed by atoms with Crippen molar-refractivity contribution in [3.8, 4) is 17.0 Å². The number of nitrogens with zero attached hydrogens (tertiary/aromatic N) is 1. The van der Waals surface area contributed by atoms with Crippen molar-refractivity contribution in [1.29, 1.82) is 0 Å². The van der Waals surface area contributed by atoms with Crippen LogP contribution in [0.2, 0.25) is 0 Å². The van der Waals surface area contributed by atoms with Crippen molar-refractivity contribution in [3.63, 3.8) is 0 Å². The monoisotopic (exact) mass is 339 g/mol. The lowest BCUT2D eigenvalue weighted by molar-refractivity contribution is 0.417. The summed E-state index contributed by atoms with van der Waals surface area (Å²) in [5.74, 6) is 0.729. The normalized spacial score (nSPS) is 10.9. The van der Waals surface area contributed by atoms with Gasteiger partial charge in [-0.15, -0.1) is 11.3 Å². The molecule has 0 aliphatic carbocycles. The number of fused-ring (bicyclic) bond motifs is 1. The Balaban J connectivity index is 1.69. The van der Waals surface area contributed by atoms with Gasteiger partial charge in [0.15, 0.2) is 5.13 Å². The molecule has 0 fully saturated rings. The molecule has 0 unspecified atom stereocenters. The number of para-hydroxylation sites is 2. The SMILES string of the molecule is COc1ccccc1Nc1nc(-c2cc3ccoc3[nH]c2=O)cs1. The van der Waals surface area contributed by atoms with E-state index in [2.05, 4.69) is 15.3 Å². The molecule has 0 aliphatic heterocycles. The van der Waals surface area contributed by atoms with E-state index in [1.54, 1.807) is 25.5 Å². The Kier molecular flexibility index (Phi) is 3.55. The third-order valence-electron chi connectivity index (χ3n) is 3.60. The lowest BCUT2D eigenvalue weighted by atomic mass is 10.2. The number of benzene rings is 1. The van der Waals surface area contributed by atoms with Gasteiger partial charge in [-0.3, -0.25) is 9.78 Å². The number of aromatic amines is 1. The van der Waals surface area contributed by atoms with Crippen molar-refractivity contribution in [1.82, 2.24) is 9.97 Å². The topological polar surface area (TPSA) is 80.2 Å². The summed E-state index contributed by atoms with van der Waals surface area (Å²) >= 11 is 1.42. The van der Waals surface area contributed by atoms with E-state index in [1.807, 2.05) is 29.6 Å². The van der Waals surface area contributed by atoms with Gasteiger partial charge in [0.05, 0.1) is 30.3 Å². The minimum Gasteiger partial charge on any atom is -0.495 e. The molecule has 4 aromatic rings. The molecule has 0 amide bonds. The number of hydrogen-bond acceptors (Lipinski definition) is 6. The summed E-state index contributed by atoms with van der Waals surface area (Å²) in [4.78, 5) is 19.4. The number of methoxy groups -OCH3 is 1. The van der Waals surface area contributed by atoms with Crippen molar-refractivity contribution in [3.05, 3.63) is 58.4 Å². The zero-order valence-electron chi connectivity index (χ0n) is 12.7. The Morgan fingerprint density at radius 2 is 2.17 bits per heavy atom. The van der Waals surface area contributed by atoms with Gasteiger partial charge in [-0.05, 0) is 24.3 Å². The van der Waals surface area contributed by atoms with Crippen LogP contribution in [0, 0.1) is 0 Å². The van der Waals surface area contributed by atoms with E-state index < -0.39 is 0 Å². The molecule has 2 N–H and O–H groups in total. The summed E-state index contributed by atoms with van der Waals surface area (Å²) in [6.45, 7) is 0. The lowest BCUT2D eigenvalue weighted by Gasteiger charge is -2.07. The number of furan rings is 1. The van der Waals surface area contributed by atoms with Gasteiger partial charge in [-0.1, -0.05) is 12.1 Å². The zero-order valence-corrected chi connectivity index (χ0v) is 13.5. The van der Waals surface area contributed by atoms with Gasteiger partial charge in [0.25, 0.3) is 5.56 Å². The maximum atomic E-state index is 12.2. The van der Waals surface area contributed by atoms with E-state index >= 15 is 0 Å². The van der Waals surface area contributed by atoms with Crippen molar-refractivity contribution in [2.24, 2.45) is 0 Å². The average molecular weight is 339 g/mol. The number of H-pyrrole nitrogens is 1. The van der Waals surface area contributed by atoms with Gasteiger partial charge < -0.3 is 14.5 Å². The van der Waals surface area contributed by atoms with Crippen LogP contribution in [0.25, 0.3) is 22.4 Å². The fourth-order valence-corrected chi connectivity index (χ4v) is 3.16. The number of rotatable bonds is 4. The molecular weight excluding hydrogens is 326 g/mol. The predicted octanol–water partition coefficient (Wildman–Crippen LogP) is 4.00. The molecule has 4 rings (SSSR count). The lowest BCUT2D eigenvalue weighted by Crippen LogP contribution is -2.08. The maximum Gasteiger partial charge on any atom is 0.260 e. The highest BCUT2D eigenvalue weighted by atomic mass is 32.1. The molecule has 0 spiro atoms. The molecule has 1 aromatic carbocycles. The highest BCUT2D eigenvalue weighted by Gasteiger charge is 2.12. The molecule has 0 bridgehead atoms. The summed E-state index contributed by atoms with van der Waals surface area (Å²) in [6.07, 6.45) is 1.54. The van der Waals surface area contributed by atoms with Crippen molar-refractivity contribution in [2.75, 3.05) is 12.4 Å². The van der Waals surface area contributed by atoms with Crippen LogP contribution in [0.15, 0.2) is 57.3 Å². The molecule has 0 aliphatic rings. The Labute approximate surface area is 140 Å². The Hall–Kier alpha value is -3.06. The molecule has 0 atom stereocenters. The van der Waals surface area contributed by atoms with Crippen molar-refractivity contribution >= 4 is 33.3 Å². The Morgan fingerprint density at radius 1 is 1.29 bits per heavy atom. The zero-order chi connectivity index (χ0) is 16.5. The van der Waals surface area contributed by atoms with Crippen LogP contribution >= 0.6 is 11.3 Å². The number of pyridine rings is 1. The summed E-state index contributed by atoms with van der Waals surface area (Å²) in [7, 11) is 1.62. The van der Waals surface area contributed by atoms with Crippen molar-refractivity contribution in [2.45, 2.75) is 0 Å². The van der Waals surface area contributed by atoms with Gasteiger partial charge in [0.1, 0.15) is 5.75 Å².